The van der Waals surface area contributed by atoms with E-state index >= 15 is 0 Å². The zero-order chi connectivity index (χ0) is 8.65. The smallest absolute Gasteiger partial charge is 0.0594 e. The van der Waals surface area contributed by atoms with Crippen molar-refractivity contribution in [3.8, 4) is 0 Å². The van der Waals surface area contributed by atoms with Crippen LogP contribution >= 0.6 is 12.6 Å². The Bertz CT molecular complexity index is 105. The van der Waals surface area contributed by atoms with Crippen molar-refractivity contribution in [2.45, 2.75) is 19.3 Å². The Hall–Kier alpha value is 0.270. The van der Waals surface area contributed by atoms with Gasteiger partial charge in [0.25, 0.3) is 0 Å². The number of nitrogens with zero attached hydrogens (tertiary/aromatic N) is 1. The van der Waals surface area contributed by atoms with Crippen LogP contribution in [0, 0.1) is 0 Å². The third-order valence-electron chi connectivity index (χ3n) is 2.22. The van der Waals surface area contributed by atoms with Gasteiger partial charge in [0.15, 0.2) is 0 Å². The zero-order valence-corrected chi connectivity index (χ0v) is 8.44. The predicted molar refractivity (Wildman–Crippen MR) is 53.6 cm³/mol. The molecule has 1 saturated heterocycles. The molecule has 0 N–H and O–H groups in total. The van der Waals surface area contributed by atoms with Crippen molar-refractivity contribution in [2.75, 3.05) is 38.6 Å². The van der Waals surface area contributed by atoms with E-state index in [1.165, 1.54) is 25.8 Å². The molecule has 0 unspecified atom stereocenters. The second-order valence-electron chi connectivity index (χ2n) is 3.22. The van der Waals surface area contributed by atoms with E-state index in [4.69, 9.17) is 17.4 Å². The SMILES string of the molecule is [S]CCCCCN1CCOCC1. The molecule has 1 radical (unpaired) electrons. The summed E-state index contributed by atoms with van der Waals surface area (Å²) < 4.78 is 5.27. The lowest BCUT2D eigenvalue weighted by molar-refractivity contribution is 0.0372. The Labute approximate surface area is 80.7 Å². The molecule has 0 bridgehead atoms. The molecule has 1 aliphatic rings. The van der Waals surface area contributed by atoms with Crippen LogP contribution in [-0.2, 0) is 4.74 Å². The van der Waals surface area contributed by atoms with Gasteiger partial charge in [0.05, 0.1) is 13.2 Å². The lowest BCUT2D eigenvalue weighted by Gasteiger charge is -2.26. The molecule has 2 nitrogen and oxygen atoms in total. The van der Waals surface area contributed by atoms with Gasteiger partial charge < -0.3 is 4.74 Å². The van der Waals surface area contributed by atoms with Crippen molar-refractivity contribution < 1.29 is 4.74 Å². The Kier molecular flexibility index (Phi) is 5.82. The van der Waals surface area contributed by atoms with E-state index in [-0.39, 0.29) is 0 Å². The van der Waals surface area contributed by atoms with Crippen LogP contribution in [0.25, 0.3) is 0 Å². The largest absolute Gasteiger partial charge is 0.379 e. The molecule has 0 aromatic rings. The Balaban J connectivity index is 1.91. The summed E-state index contributed by atoms with van der Waals surface area (Å²) in [6, 6.07) is 0. The first-order valence-electron chi connectivity index (χ1n) is 4.81. The highest BCUT2D eigenvalue weighted by Crippen LogP contribution is 2.02. The topological polar surface area (TPSA) is 12.5 Å². The molecule has 1 heterocycles. The van der Waals surface area contributed by atoms with Crippen molar-refractivity contribution in [3.05, 3.63) is 0 Å². The second kappa shape index (κ2) is 6.75. The van der Waals surface area contributed by atoms with Crippen molar-refractivity contribution >= 4 is 12.6 Å². The summed E-state index contributed by atoms with van der Waals surface area (Å²) in [5.74, 6) is 0.920. The van der Waals surface area contributed by atoms with Gasteiger partial charge in [-0.1, -0.05) is 19.0 Å². The number of morpholine rings is 1. The summed E-state index contributed by atoms with van der Waals surface area (Å²) in [7, 11) is 0. The van der Waals surface area contributed by atoms with Gasteiger partial charge in [-0.25, -0.2) is 0 Å². The van der Waals surface area contributed by atoms with Crippen LogP contribution in [0.5, 0.6) is 0 Å². The summed E-state index contributed by atoms with van der Waals surface area (Å²) in [6.07, 6.45) is 3.80. The highest BCUT2D eigenvalue weighted by Gasteiger charge is 2.08. The molecule has 1 aliphatic heterocycles. The minimum Gasteiger partial charge on any atom is -0.379 e. The molecule has 0 saturated carbocycles. The number of hydrogen-bond donors (Lipinski definition) is 0. The molecular weight excluding hydrogens is 170 g/mol. The number of unbranched alkanes of at least 4 members (excludes halogenated alkanes) is 2. The molecule has 0 spiro atoms. The van der Waals surface area contributed by atoms with Gasteiger partial charge in [-0.2, -0.15) is 0 Å². The quantitative estimate of drug-likeness (QED) is 0.609. The Morgan fingerprint density at radius 2 is 1.83 bits per heavy atom. The first-order valence-corrected chi connectivity index (χ1v) is 5.39. The standard InChI is InChI=1S/C9H18NOS/c12-9-3-1-2-4-10-5-7-11-8-6-10/h1-9H2. The van der Waals surface area contributed by atoms with Crippen molar-refractivity contribution in [1.29, 1.82) is 0 Å². The van der Waals surface area contributed by atoms with E-state index < -0.39 is 0 Å². The predicted octanol–water partition coefficient (Wildman–Crippen LogP) is 1.69. The molecular formula is C9H18NOS. The minimum atomic E-state index is 0.918. The first kappa shape index (κ1) is 10.4. The maximum atomic E-state index is 5.27. The van der Waals surface area contributed by atoms with Crippen LogP contribution in [0.1, 0.15) is 19.3 Å². The average molecular weight is 188 g/mol. The van der Waals surface area contributed by atoms with Gasteiger partial charge in [-0.15, -0.1) is 0 Å². The average Bonchev–Trinajstić information content (AvgIpc) is 2.14. The molecule has 1 fully saturated rings. The molecule has 1 rings (SSSR count). The summed E-state index contributed by atoms with van der Waals surface area (Å²) >= 11 is 4.89. The lowest BCUT2D eigenvalue weighted by Crippen LogP contribution is -2.36. The lowest BCUT2D eigenvalue weighted by atomic mass is 10.2. The van der Waals surface area contributed by atoms with Crippen molar-refractivity contribution in [2.24, 2.45) is 0 Å². The third-order valence-corrected chi connectivity index (χ3v) is 2.51. The summed E-state index contributed by atoms with van der Waals surface area (Å²) in [5.41, 5.74) is 0. The fourth-order valence-electron chi connectivity index (χ4n) is 1.44. The second-order valence-corrected chi connectivity index (χ2v) is 3.63. The molecule has 0 amide bonds. The Morgan fingerprint density at radius 3 is 2.50 bits per heavy atom. The van der Waals surface area contributed by atoms with Crippen molar-refractivity contribution in [1.82, 2.24) is 4.90 Å². The summed E-state index contributed by atoms with van der Waals surface area (Å²) in [5, 5.41) is 0. The highest BCUT2D eigenvalue weighted by molar-refractivity contribution is 7.80. The van der Waals surface area contributed by atoms with Crippen LogP contribution in [-0.4, -0.2) is 43.5 Å². The third kappa shape index (κ3) is 4.33. The minimum absolute atomic E-state index is 0.918. The maximum Gasteiger partial charge on any atom is 0.0594 e. The van der Waals surface area contributed by atoms with Crippen LogP contribution in [0.15, 0.2) is 0 Å². The van der Waals surface area contributed by atoms with Crippen molar-refractivity contribution in [3.63, 3.8) is 0 Å². The van der Waals surface area contributed by atoms with Gasteiger partial charge in [0, 0.05) is 18.8 Å². The molecule has 3 heteroatoms. The van der Waals surface area contributed by atoms with E-state index in [9.17, 15) is 0 Å². The van der Waals surface area contributed by atoms with E-state index in [1.807, 2.05) is 0 Å². The zero-order valence-electron chi connectivity index (χ0n) is 7.63. The molecule has 71 valence electrons. The van der Waals surface area contributed by atoms with Crippen LogP contribution < -0.4 is 0 Å². The monoisotopic (exact) mass is 188 g/mol. The van der Waals surface area contributed by atoms with E-state index in [2.05, 4.69) is 4.90 Å². The Morgan fingerprint density at radius 1 is 1.08 bits per heavy atom. The molecule has 0 aliphatic carbocycles. The van der Waals surface area contributed by atoms with Gasteiger partial charge in [-0.3, -0.25) is 4.90 Å². The van der Waals surface area contributed by atoms with Crippen LogP contribution in [0.4, 0.5) is 0 Å². The summed E-state index contributed by atoms with van der Waals surface area (Å²) in [6.45, 7) is 5.31. The van der Waals surface area contributed by atoms with Gasteiger partial charge in [-0.05, 0) is 19.4 Å². The molecule has 0 aromatic carbocycles. The van der Waals surface area contributed by atoms with Gasteiger partial charge in [0.1, 0.15) is 0 Å². The van der Waals surface area contributed by atoms with E-state index in [0.717, 1.165) is 32.1 Å². The molecule has 0 aromatic heterocycles. The highest BCUT2D eigenvalue weighted by atomic mass is 32.1. The normalized spacial score (nSPS) is 19.8. The fourth-order valence-corrected chi connectivity index (χ4v) is 1.64. The number of ether oxygens (including phenoxy) is 1. The number of hydrogen-bond acceptors (Lipinski definition) is 2. The maximum absolute atomic E-state index is 5.27. The van der Waals surface area contributed by atoms with Crippen LogP contribution in [0.3, 0.4) is 0 Å². The molecule has 12 heavy (non-hydrogen) atoms. The van der Waals surface area contributed by atoms with Crippen LogP contribution in [0.2, 0.25) is 0 Å². The van der Waals surface area contributed by atoms with E-state index in [0.29, 0.717) is 0 Å². The van der Waals surface area contributed by atoms with Gasteiger partial charge in [0.2, 0.25) is 0 Å². The molecule has 0 atom stereocenters. The van der Waals surface area contributed by atoms with Gasteiger partial charge >= 0.3 is 0 Å². The first-order chi connectivity index (χ1) is 5.93. The summed E-state index contributed by atoms with van der Waals surface area (Å²) in [4.78, 5) is 2.48. The van der Waals surface area contributed by atoms with E-state index in [1.54, 1.807) is 0 Å². The fraction of sp³-hybridized carbons (Fsp3) is 1.00. The number of rotatable bonds is 5.